The van der Waals surface area contributed by atoms with Crippen LogP contribution in [0.25, 0.3) is 0 Å². The molecule has 0 aliphatic carbocycles. The van der Waals surface area contributed by atoms with Crippen LogP contribution in [0.3, 0.4) is 0 Å². The van der Waals surface area contributed by atoms with Crippen LogP contribution in [0.2, 0.25) is 0 Å². The number of nitrogens with zero attached hydrogens (tertiary/aromatic N) is 1. The van der Waals surface area contributed by atoms with Gasteiger partial charge in [0, 0.05) is 23.4 Å². The van der Waals surface area contributed by atoms with Crippen LogP contribution in [-0.4, -0.2) is 9.78 Å². The zero-order valence-electron chi connectivity index (χ0n) is 6.51. The average molecular weight is 101 g/mol. The highest BCUT2D eigenvalue weighted by Crippen LogP contribution is 1.62. The van der Waals surface area contributed by atoms with Crippen molar-refractivity contribution in [3.05, 3.63) is 22.6 Å². The molecule has 0 saturated carbocycles. The first-order valence-corrected chi connectivity index (χ1v) is 1.79. The number of aryl methyl sites for hydroxylation is 1. The Morgan fingerprint density at radius 2 is 3.00 bits per heavy atom. The molecule has 0 fully saturated rings. The predicted octanol–water partition coefficient (Wildman–Crippen LogP) is -0.287. The van der Waals surface area contributed by atoms with Gasteiger partial charge in [0.25, 0.3) is 5.56 Å². The van der Waals surface area contributed by atoms with E-state index < -0.39 is 12.5 Å². The number of nitrogens with one attached hydrogen (secondary N) is 1. The summed E-state index contributed by atoms with van der Waals surface area (Å²) in [6, 6.07) is 1.16. The van der Waals surface area contributed by atoms with Crippen LogP contribution in [0.4, 0.5) is 0 Å². The molecule has 0 spiro atoms. The monoisotopic (exact) mass is 101 g/mol. The number of rotatable bonds is 0. The second-order valence-corrected chi connectivity index (χ2v) is 1.14. The van der Waals surface area contributed by atoms with Gasteiger partial charge in [0.15, 0.2) is 0 Å². The minimum Gasteiger partial charge on any atom is -0.303 e. The number of H-pyrrole nitrogens is 1. The van der Waals surface area contributed by atoms with Gasteiger partial charge in [-0.3, -0.25) is 9.48 Å². The molecule has 0 unspecified atom stereocenters. The van der Waals surface area contributed by atoms with Gasteiger partial charge >= 0.3 is 0 Å². The molecule has 0 radical (unpaired) electrons. The molecule has 0 aliphatic heterocycles. The van der Waals surface area contributed by atoms with E-state index in [9.17, 15) is 4.79 Å². The van der Waals surface area contributed by atoms with Crippen LogP contribution in [-0.2, 0) is 6.98 Å². The van der Waals surface area contributed by atoms with Crippen LogP contribution >= 0.6 is 0 Å². The molecular weight excluding hydrogens is 92.1 g/mol. The van der Waals surface area contributed by atoms with Crippen molar-refractivity contribution in [2.75, 3.05) is 0 Å². The molecule has 1 N–H and O–H groups in total. The van der Waals surface area contributed by atoms with Gasteiger partial charge in [-0.05, 0) is 0 Å². The third-order valence-electron chi connectivity index (χ3n) is 0.650. The zero-order valence-corrected chi connectivity index (χ0v) is 3.51. The maximum absolute atomic E-state index is 10.6. The highest BCUT2D eigenvalue weighted by atomic mass is 16.1. The van der Waals surface area contributed by atoms with Crippen LogP contribution in [0.5, 0.6) is 0 Å². The van der Waals surface area contributed by atoms with Gasteiger partial charge in [0.1, 0.15) is 0 Å². The van der Waals surface area contributed by atoms with Crippen molar-refractivity contribution in [3.63, 3.8) is 0 Å². The topological polar surface area (TPSA) is 37.8 Å². The van der Waals surface area contributed by atoms with Gasteiger partial charge in [-0.1, -0.05) is 0 Å². The van der Waals surface area contributed by atoms with Crippen molar-refractivity contribution in [2.24, 2.45) is 6.98 Å². The highest BCUT2D eigenvalue weighted by Gasteiger charge is 1.80. The second-order valence-electron chi connectivity index (χ2n) is 1.14. The molecule has 3 heteroatoms. The fourth-order valence-corrected chi connectivity index (χ4v) is 0.321. The van der Waals surface area contributed by atoms with Gasteiger partial charge in [0.2, 0.25) is 0 Å². The lowest BCUT2D eigenvalue weighted by molar-refractivity contribution is 0.740. The molecule has 1 aromatic heterocycles. The maximum atomic E-state index is 10.6. The van der Waals surface area contributed by atoms with Crippen molar-refractivity contribution in [3.8, 4) is 0 Å². The number of aromatic nitrogens is 2. The summed E-state index contributed by atoms with van der Waals surface area (Å²) in [5.74, 6) is 0. The van der Waals surface area contributed by atoms with E-state index in [2.05, 4.69) is 5.10 Å². The summed E-state index contributed by atoms with van der Waals surface area (Å²) >= 11 is 0. The summed E-state index contributed by atoms with van der Waals surface area (Å²) in [6.45, 7) is -2.39. The number of hydrogen-bond donors (Lipinski definition) is 1. The molecule has 0 amide bonds. The van der Waals surface area contributed by atoms with E-state index in [1.165, 1.54) is 6.20 Å². The minimum atomic E-state index is -2.39. The Morgan fingerprint density at radius 1 is 2.14 bits per heavy atom. The Bertz CT molecular complexity index is 271. The first-order chi connectivity index (χ1) is 4.52. The lowest BCUT2D eigenvalue weighted by Gasteiger charge is -1.79. The molecule has 0 bridgehead atoms. The summed E-state index contributed by atoms with van der Waals surface area (Å²) in [5.41, 5.74) is -0.542. The fraction of sp³-hybridized carbons (Fsp3) is 0.250. The van der Waals surface area contributed by atoms with E-state index in [4.69, 9.17) is 4.11 Å². The third-order valence-corrected chi connectivity index (χ3v) is 0.650. The minimum absolute atomic E-state index is 0.542. The summed E-state index contributed by atoms with van der Waals surface area (Å²) in [4.78, 5) is 10.6. The molecule has 0 aromatic carbocycles. The normalized spacial score (nSPS) is 17.4. The molecule has 38 valence electrons. The molecule has 1 aromatic rings. The first kappa shape index (κ1) is 1.86. The Hall–Kier alpha value is -0.990. The van der Waals surface area contributed by atoms with Gasteiger partial charge in [-0.25, -0.2) is 0 Å². The molecule has 7 heavy (non-hydrogen) atoms. The van der Waals surface area contributed by atoms with E-state index >= 15 is 0 Å². The van der Waals surface area contributed by atoms with Crippen molar-refractivity contribution in [1.29, 1.82) is 0 Å². The van der Waals surface area contributed by atoms with E-state index in [-0.39, 0.29) is 0 Å². The Kier molecular flexibility index (Phi) is 0.333. The van der Waals surface area contributed by atoms with E-state index in [1.807, 2.05) is 0 Å². The summed E-state index contributed by atoms with van der Waals surface area (Å²) in [7, 11) is 0. The van der Waals surface area contributed by atoms with Gasteiger partial charge in [-0.15, -0.1) is 0 Å². The maximum Gasteiger partial charge on any atom is 0.266 e. The van der Waals surface area contributed by atoms with Crippen LogP contribution < -0.4 is 5.56 Å². The smallest absolute Gasteiger partial charge is 0.266 e. The van der Waals surface area contributed by atoms with Crippen molar-refractivity contribution in [1.82, 2.24) is 9.78 Å². The molecule has 3 nitrogen and oxygen atoms in total. The van der Waals surface area contributed by atoms with Crippen LogP contribution in [0.15, 0.2) is 17.1 Å². The number of aromatic amines is 1. The Balaban J connectivity index is 3.18. The quantitative estimate of drug-likeness (QED) is 0.479. The average Bonchev–Trinajstić information content (AvgIpc) is 2.11. The van der Waals surface area contributed by atoms with Crippen LogP contribution in [0, 0.1) is 0 Å². The lowest BCUT2D eigenvalue weighted by atomic mass is 10.7. The lowest BCUT2D eigenvalue weighted by Crippen LogP contribution is -2.09. The molecule has 0 aliphatic rings. The number of hydrogen-bond acceptors (Lipinski definition) is 1. The standard InChI is InChI=1S/C4H6N2O/c1-6-4(7)2-3-5-6/h2-3,5H,1H3/i1D3. The molecule has 1 rings (SSSR count). The first-order valence-electron chi connectivity index (χ1n) is 3.29. The van der Waals surface area contributed by atoms with E-state index in [1.54, 1.807) is 0 Å². The van der Waals surface area contributed by atoms with Crippen LogP contribution in [0.1, 0.15) is 4.11 Å². The van der Waals surface area contributed by atoms with Gasteiger partial charge in [-0.2, -0.15) is 0 Å². The molecule has 0 atom stereocenters. The Morgan fingerprint density at radius 3 is 3.29 bits per heavy atom. The molecular formula is C4H6N2O. The largest absolute Gasteiger partial charge is 0.303 e. The molecule has 0 saturated heterocycles. The third kappa shape index (κ3) is 0.559. The fourth-order valence-electron chi connectivity index (χ4n) is 0.321. The van der Waals surface area contributed by atoms with Crippen molar-refractivity contribution >= 4 is 0 Å². The predicted molar refractivity (Wildman–Crippen MR) is 26.0 cm³/mol. The van der Waals surface area contributed by atoms with E-state index in [0.29, 0.717) is 4.68 Å². The van der Waals surface area contributed by atoms with Crippen molar-refractivity contribution in [2.45, 2.75) is 0 Å². The Labute approximate surface area is 44.8 Å². The van der Waals surface area contributed by atoms with E-state index in [0.717, 1.165) is 6.07 Å². The highest BCUT2D eigenvalue weighted by molar-refractivity contribution is 4.78. The summed E-state index contributed by atoms with van der Waals surface area (Å²) in [6.07, 6.45) is 1.29. The van der Waals surface area contributed by atoms with Gasteiger partial charge < -0.3 is 5.10 Å². The summed E-state index contributed by atoms with van der Waals surface area (Å²) < 4.78 is 21.0. The second kappa shape index (κ2) is 1.26. The molecule has 1 heterocycles. The van der Waals surface area contributed by atoms with Gasteiger partial charge in [0.05, 0.1) is 0 Å². The van der Waals surface area contributed by atoms with Crippen molar-refractivity contribution < 1.29 is 4.11 Å². The SMILES string of the molecule is [2H]C([2H])([2H])n1[nH]ccc1=O. The summed E-state index contributed by atoms with van der Waals surface area (Å²) in [5, 5.41) is 2.29. The zero-order chi connectivity index (χ0) is 7.78.